The molecule has 5 heteroatoms. The molecule has 0 aromatic heterocycles. The van der Waals surface area contributed by atoms with Crippen LogP contribution >= 0.6 is 0 Å². The third kappa shape index (κ3) is 3.00. The van der Waals surface area contributed by atoms with Crippen LogP contribution in [0.15, 0.2) is 42.5 Å². The lowest BCUT2D eigenvalue weighted by molar-refractivity contribution is -0.385. The fraction of sp³-hybridized carbons (Fsp3) is 0.133. The molecule has 0 N–H and O–H groups in total. The van der Waals surface area contributed by atoms with Gasteiger partial charge in [0.2, 0.25) is 0 Å². The number of benzene rings is 2. The largest absolute Gasteiger partial charge is 0.423 e. The number of hydrogen-bond donors (Lipinski definition) is 0. The number of nitro benzene ring substituents is 1. The van der Waals surface area contributed by atoms with E-state index in [1.54, 1.807) is 37.3 Å². The van der Waals surface area contributed by atoms with Gasteiger partial charge in [0.15, 0.2) is 0 Å². The van der Waals surface area contributed by atoms with Gasteiger partial charge in [-0.1, -0.05) is 17.7 Å². The lowest BCUT2D eigenvalue weighted by Gasteiger charge is -2.05. The van der Waals surface area contributed by atoms with Crippen LogP contribution < -0.4 is 4.74 Å². The van der Waals surface area contributed by atoms with Gasteiger partial charge in [0.1, 0.15) is 5.75 Å². The van der Waals surface area contributed by atoms with Crippen molar-refractivity contribution >= 4 is 11.7 Å². The van der Waals surface area contributed by atoms with Crippen LogP contribution in [0, 0.1) is 24.0 Å². The number of carbonyl (C=O) groups excluding carboxylic acids is 1. The van der Waals surface area contributed by atoms with Gasteiger partial charge in [-0.3, -0.25) is 10.1 Å². The molecule has 0 amide bonds. The molecule has 0 saturated carbocycles. The topological polar surface area (TPSA) is 69.4 Å². The summed E-state index contributed by atoms with van der Waals surface area (Å²) in [5.41, 5.74) is 1.88. The van der Waals surface area contributed by atoms with E-state index in [0.29, 0.717) is 11.1 Å². The van der Waals surface area contributed by atoms with Crippen LogP contribution in [0.25, 0.3) is 0 Å². The number of rotatable bonds is 3. The first-order chi connectivity index (χ1) is 9.47. The SMILES string of the molecule is Cc1ccc(C(=O)Oc2ccc(C)c([N+](=O)[O-])c2)cc1. The van der Waals surface area contributed by atoms with Crippen molar-refractivity contribution in [2.45, 2.75) is 13.8 Å². The summed E-state index contributed by atoms with van der Waals surface area (Å²) in [5.74, 6) is -0.379. The van der Waals surface area contributed by atoms with E-state index < -0.39 is 10.9 Å². The highest BCUT2D eigenvalue weighted by molar-refractivity contribution is 5.91. The van der Waals surface area contributed by atoms with Crippen molar-refractivity contribution in [3.8, 4) is 5.75 Å². The van der Waals surface area contributed by atoms with Crippen LogP contribution in [0.4, 0.5) is 5.69 Å². The predicted molar refractivity (Wildman–Crippen MR) is 74.0 cm³/mol. The van der Waals surface area contributed by atoms with Crippen molar-refractivity contribution < 1.29 is 14.5 Å². The van der Waals surface area contributed by atoms with E-state index in [1.165, 1.54) is 12.1 Å². The van der Waals surface area contributed by atoms with Gasteiger partial charge in [0.25, 0.3) is 5.69 Å². The minimum absolute atomic E-state index is 0.0702. The van der Waals surface area contributed by atoms with Crippen molar-refractivity contribution in [2.24, 2.45) is 0 Å². The van der Waals surface area contributed by atoms with Gasteiger partial charge in [-0.05, 0) is 38.1 Å². The summed E-state index contributed by atoms with van der Waals surface area (Å²) in [6.07, 6.45) is 0. The fourth-order valence-corrected chi connectivity index (χ4v) is 1.70. The van der Waals surface area contributed by atoms with Crippen molar-refractivity contribution in [2.75, 3.05) is 0 Å². The third-order valence-corrected chi connectivity index (χ3v) is 2.88. The first kappa shape index (κ1) is 13.7. The molecule has 2 aromatic rings. The summed E-state index contributed by atoms with van der Waals surface area (Å²) in [5, 5.41) is 10.8. The summed E-state index contributed by atoms with van der Waals surface area (Å²) in [7, 11) is 0. The molecule has 2 aromatic carbocycles. The van der Waals surface area contributed by atoms with Crippen LogP contribution in [0.5, 0.6) is 5.75 Å². The summed E-state index contributed by atoms with van der Waals surface area (Å²) in [4.78, 5) is 22.2. The van der Waals surface area contributed by atoms with Gasteiger partial charge in [0, 0.05) is 5.56 Å². The highest BCUT2D eigenvalue weighted by Crippen LogP contribution is 2.24. The second-order valence-electron chi connectivity index (χ2n) is 4.46. The monoisotopic (exact) mass is 271 g/mol. The van der Waals surface area contributed by atoms with Gasteiger partial charge in [-0.2, -0.15) is 0 Å². The molecule has 20 heavy (non-hydrogen) atoms. The molecular formula is C15H13NO4. The van der Waals surface area contributed by atoms with Gasteiger partial charge in [-0.25, -0.2) is 4.79 Å². The number of aryl methyl sites for hydroxylation is 2. The molecule has 0 atom stereocenters. The van der Waals surface area contributed by atoms with E-state index in [4.69, 9.17) is 4.74 Å². The molecule has 5 nitrogen and oxygen atoms in total. The number of nitrogens with zero attached hydrogens (tertiary/aromatic N) is 1. The Balaban J connectivity index is 2.21. The van der Waals surface area contributed by atoms with Crippen molar-refractivity contribution in [1.29, 1.82) is 0 Å². The summed E-state index contributed by atoms with van der Waals surface area (Å²) in [6.45, 7) is 3.54. The highest BCUT2D eigenvalue weighted by Gasteiger charge is 2.14. The highest BCUT2D eigenvalue weighted by atomic mass is 16.6. The first-order valence-corrected chi connectivity index (χ1v) is 6.01. The Morgan fingerprint density at radius 1 is 1.10 bits per heavy atom. The molecule has 102 valence electrons. The zero-order valence-corrected chi connectivity index (χ0v) is 11.1. The molecule has 0 unspecified atom stereocenters. The van der Waals surface area contributed by atoms with E-state index in [2.05, 4.69) is 0 Å². The Labute approximate surface area is 116 Å². The quantitative estimate of drug-likeness (QED) is 0.371. The minimum Gasteiger partial charge on any atom is -0.423 e. The van der Waals surface area contributed by atoms with Crippen molar-refractivity contribution in [3.63, 3.8) is 0 Å². The average Bonchev–Trinajstić information content (AvgIpc) is 2.41. The maximum Gasteiger partial charge on any atom is 0.343 e. The van der Waals surface area contributed by atoms with Crippen LogP contribution in [0.2, 0.25) is 0 Å². The molecule has 0 aliphatic carbocycles. The molecule has 0 heterocycles. The van der Waals surface area contributed by atoms with E-state index >= 15 is 0 Å². The summed E-state index contributed by atoms with van der Waals surface area (Å²) in [6, 6.07) is 11.2. The van der Waals surface area contributed by atoms with Crippen LogP contribution in [-0.4, -0.2) is 10.9 Å². The van der Waals surface area contributed by atoms with Crippen LogP contribution in [0.3, 0.4) is 0 Å². The number of carbonyl (C=O) groups is 1. The smallest absolute Gasteiger partial charge is 0.343 e. The molecule has 0 radical (unpaired) electrons. The predicted octanol–water partition coefficient (Wildman–Crippen LogP) is 3.43. The second kappa shape index (κ2) is 5.52. The zero-order chi connectivity index (χ0) is 14.7. The Hall–Kier alpha value is -2.69. The van der Waals surface area contributed by atoms with Crippen molar-refractivity contribution in [1.82, 2.24) is 0 Å². The van der Waals surface area contributed by atoms with Gasteiger partial charge >= 0.3 is 5.97 Å². The zero-order valence-electron chi connectivity index (χ0n) is 11.1. The van der Waals surface area contributed by atoms with Gasteiger partial charge < -0.3 is 4.74 Å². The van der Waals surface area contributed by atoms with Gasteiger partial charge in [0.05, 0.1) is 16.6 Å². The molecule has 0 saturated heterocycles. The Bertz CT molecular complexity index is 662. The summed E-state index contributed by atoms with van der Waals surface area (Å²) >= 11 is 0. The minimum atomic E-state index is -0.539. The lowest BCUT2D eigenvalue weighted by Crippen LogP contribution is -2.08. The molecule has 0 bridgehead atoms. The van der Waals surface area contributed by atoms with E-state index in [1.807, 2.05) is 6.92 Å². The van der Waals surface area contributed by atoms with E-state index in [9.17, 15) is 14.9 Å². The maximum atomic E-state index is 11.9. The number of hydrogen-bond acceptors (Lipinski definition) is 4. The summed E-state index contributed by atoms with van der Waals surface area (Å²) < 4.78 is 5.14. The molecule has 0 aliphatic heterocycles. The van der Waals surface area contributed by atoms with Crippen molar-refractivity contribution in [3.05, 3.63) is 69.3 Å². The maximum absolute atomic E-state index is 11.9. The van der Waals surface area contributed by atoms with E-state index in [0.717, 1.165) is 5.56 Å². The molecule has 0 aliphatic rings. The second-order valence-corrected chi connectivity index (χ2v) is 4.46. The van der Waals surface area contributed by atoms with Gasteiger partial charge in [-0.15, -0.1) is 0 Å². The fourth-order valence-electron chi connectivity index (χ4n) is 1.70. The van der Waals surface area contributed by atoms with Crippen LogP contribution in [0.1, 0.15) is 21.5 Å². The molecule has 0 spiro atoms. The molecular weight excluding hydrogens is 258 g/mol. The Kier molecular flexibility index (Phi) is 3.79. The third-order valence-electron chi connectivity index (χ3n) is 2.88. The Morgan fingerprint density at radius 3 is 2.35 bits per heavy atom. The van der Waals surface area contributed by atoms with Crippen LogP contribution in [-0.2, 0) is 0 Å². The first-order valence-electron chi connectivity index (χ1n) is 6.01. The standard InChI is InChI=1S/C15H13NO4/c1-10-3-6-12(7-4-10)15(17)20-13-8-5-11(2)14(9-13)16(18)19/h3-9H,1-2H3. The Morgan fingerprint density at radius 2 is 1.75 bits per heavy atom. The molecule has 2 rings (SSSR count). The van der Waals surface area contributed by atoms with E-state index in [-0.39, 0.29) is 11.4 Å². The average molecular weight is 271 g/mol. The number of nitro groups is 1. The number of ether oxygens (including phenoxy) is 1. The number of esters is 1. The normalized spacial score (nSPS) is 10.1. The lowest BCUT2D eigenvalue weighted by atomic mass is 10.1. The molecule has 0 fully saturated rings.